The number of anilines is 1. The first kappa shape index (κ1) is 25.0. The quantitative estimate of drug-likeness (QED) is 0.652. The highest BCUT2D eigenvalue weighted by molar-refractivity contribution is 5.94. The highest BCUT2D eigenvalue weighted by Crippen LogP contribution is 2.55. The standard InChI is InChI=1S/C28H36N4O3/c1-18-14-22(8-6-20(18)15-29)35-26-27(2,3)25(28(26,4)5)31-24(34)21-7-9-23(30-16-21)32-12-10-19(17-33)11-13-32/h6-9,14,16,19,25-26,33H,10-13,17H2,1-5H3,(H,31,34). The number of aliphatic hydroxyl groups excluding tert-OH is 1. The van der Waals surface area contributed by atoms with E-state index in [0.717, 1.165) is 43.1 Å². The SMILES string of the molecule is Cc1cc(OC2C(C)(C)C(NC(=O)c3ccc(N4CCC(CO)CC4)nc3)C2(C)C)ccc1C#N. The molecule has 7 heteroatoms. The number of carbonyl (C=O) groups excluding carboxylic acids is 1. The number of hydrogen-bond donors (Lipinski definition) is 2. The summed E-state index contributed by atoms with van der Waals surface area (Å²) < 4.78 is 6.38. The number of aliphatic hydroxyl groups is 1. The van der Waals surface area contributed by atoms with Crippen LogP contribution < -0.4 is 15.0 Å². The van der Waals surface area contributed by atoms with Crippen LogP contribution in [0.15, 0.2) is 36.5 Å². The average molecular weight is 477 g/mol. The van der Waals surface area contributed by atoms with E-state index in [1.165, 1.54) is 0 Å². The van der Waals surface area contributed by atoms with Gasteiger partial charge in [0.1, 0.15) is 17.7 Å². The second-order valence-corrected chi connectivity index (χ2v) is 11.2. The molecule has 1 aliphatic carbocycles. The van der Waals surface area contributed by atoms with Crippen LogP contribution in [0.25, 0.3) is 0 Å². The molecule has 0 atom stereocenters. The van der Waals surface area contributed by atoms with Crippen molar-refractivity contribution in [3.63, 3.8) is 0 Å². The molecule has 35 heavy (non-hydrogen) atoms. The Morgan fingerprint density at radius 2 is 1.89 bits per heavy atom. The number of nitriles is 1. The first-order valence-electron chi connectivity index (χ1n) is 12.4. The molecular formula is C28H36N4O3. The smallest absolute Gasteiger partial charge is 0.253 e. The predicted octanol–water partition coefficient (Wildman–Crippen LogP) is 4.08. The lowest BCUT2D eigenvalue weighted by Gasteiger charge is -2.63. The molecule has 1 saturated heterocycles. The van der Waals surface area contributed by atoms with Crippen molar-refractivity contribution in [1.29, 1.82) is 5.26 Å². The molecule has 0 bridgehead atoms. The van der Waals surface area contributed by atoms with E-state index in [4.69, 9.17) is 4.74 Å². The van der Waals surface area contributed by atoms with Gasteiger partial charge in [0.2, 0.25) is 0 Å². The fraction of sp³-hybridized carbons (Fsp3) is 0.536. The molecule has 2 fully saturated rings. The number of aryl methyl sites for hydroxylation is 1. The van der Waals surface area contributed by atoms with Gasteiger partial charge in [-0.3, -0.25) is 4.79 Å². The highest BCUT2D eigenvalue weighted by Gasteiger charge is 2.64. The fourth-order valence-electron chi connectivity index (χ4n) is 6.04. The molecule has 2 aliphatic rings. The molecule has 2 heterocycles. The molecule has 0 spiro atoms. The zero-order chi connectivity index (χ0) is 25.4. The molecule has 0 unspecified atom stereocenters. The van der Waals surface area contributed by atoms with Crippen molar-refractivity contribution in [2.45, 2.75) is 59.6 Å². The van der Waals surface area contributed by atoms with Crippen LogP contribution in [0.3, 0.4) is 0 Å². The van der Waals surface area contributed by atoms with E-state index < -0.39 is 0 Å². The number of carbonyl (C=O) groups is 1. The van der Waals surface area contributed by atoms with Gasteiger partial charge in [0.05, 0.1) is 17.2 Å². The molecule has 2 aromatic rings. The van der Waals surface area contributed by atoms with E-state index in [0.29, 0.717) is 17.0 Å². The third kappa shape index (κ3) is 4.72. The molecule has 1 aliphatic heterocycles. The van der Waals surface area contributed by atoms with Gasteiger partial charge in [-0.2, -0.15) is 5.26 Å². The van der Waals surface area contributed by atoms with Crippen molar-refractivity contribution in [3.05, 3.63) is 53.2 Å². The van der Waals surface area contributed by atoms with Crippen LogP contribution in [-0.4, -0.2) is 47.8 Å². The van der Waals surface area contributed by atoms with Crippen molar-refractivity contribution < 1.29 is 14.6 Å². The van der Waals surface area contributed by atoms with Gasteiger partial charge in [-0.25, -0.2) is 4.98 Å². The van der Waals surface area contributed by atoms with Crippen molar-refractivity contribution in [2.24, 2.45) is 16.7 Å². The number of nitrogens with zero attached hydrogens (tertiary/aromatic N) is 3. The first-order valence-corrected chi connectivity index (χ1v) is 12.4. The molecule has 7 nitrogen and oxygen atoms in total. The minimum atomic E-state index is -0.286. The molecule has 2 N–H and O–H groups in total. The lowest BCUT2D eigenvalue weighted by Crippen LogP contribution is -2.74. The zero-order valence-electron chi connectivity index (χ0n) is 21.3. The number of amides is 1. The van der Waals surface area contributed by atoms with E-state index in [-0.39, 0.29) is 35.5 Å². The number of nitrogens with one attached hydrogen (secondary N) is 1. The molecule has 1 saturated carbocycles. The van der Waals surface area contributed by atoms with Crippen molar-refractivity contribution in [1.82, 2.24) is 10.3 Å². The summed E-state index contributed by atoms with van der Waals surface area (Å²) in [5, 5.41) is 21.7. The molecular weight excluding hydrogens is 440 g/mol. The topological polar surface area (TPSA) is 98.5 Å². The van der Waals surface area contributed by atoms with Gasteiger partial charge < -0.3 is 20.1 Å². The zero-order valence-corrected chi connectivity index (χ0v) is 21.3. The Hall–Kier alpha value is -3.11. The van der Waals surface area contributed by atoms with Gasteiger partial charge in [-0.15, -0.1) is 0 Å². The minimum Gasteiger partial charge on any atom is -0.489 e. The molecule has 1 amide bonds. The van der Waals surface area contributed by atoms with Crippen molar-refractivity contribution >= 4 is 11.7 Å². The molecule has 186 valence electrons. The monoisotopic (exact) mass is 476 g/mol. The molecule has 1 aromatic carbocycles. The summed E-state index contributed by atoms with van der Waals surface area (Å²) in [5.74, 6) is 1.84. The number of pyridine rings is 1. The van der Waals surface area contributed by atoms with E-state index in [1.54, 1.807) is 12.3 Å². The van der Waals surface area contributed by atoms with Gasteiger partial charge >= 0.3 is 0 Å². The van der Waals surface area contributed by atoms with Gasteiger partial charge in [-0.05, 0) is 61.6 Å². The average Bonchev–Trinajstić information content (AvgIpc) is 2.85. The Morgan fingerprint density at radius 1 is 1.20 bits per heavy atom. The van der Waals surface area contributed by atoms with E-state index in [2.05, 4.69) is 49.0 Å². The van der Waals surface area contributed by atoms with Crippen LogP contribution in [-0.2, 0) is 0 Å². The molecule has 0 radical (unpaired) electrons. The summed E-state index contributed by atoms with van der Waals surface area (Å²) in [7, 11) is 0. The normalized spacial score (nSPS) is 23.2. The second kappa shape index (κ2) is 9.50. The predicted molar refractivity (Wildman–Crippen MR) is 135 cm³/mol. The van der Waals surface area contributed by atoms with Crippen LogP contribution in [0.1, 0.15) is 62.0 Å². The Balaban J connectivity index is 1.40. The van der Waals surface area contributed by atoms with E-state index >= 15 is 0 Å². The van der Waals surface area contributed by atoms with Crippen molar-refractivity contribution in [2.75, 3.05) is 24.6 Å². The molecule has 4 rings (SSSR count). The summed E-state index contributed by atoms with van der Waals surface area (Å²) in [6, 6.07) is 11.4. The largest absolute Gasteiger partial charge is 0.489 e. The molecule has 1 aromatic heterocycles. The summed E-state index contributed by atoms with van der Waals surface area (Å²) in [4.78, 5) is 19.9. The third-order valence-corrected chi connectivity index (χ3v) is 7.89. The third-order valence-electron chi connectivity index (χ3n) is 7.89. The summed E-state index contributed by atoms with van der Waals surface area (Å²) in [5.41, 5.74) is 1.50. The number of benzene rings is 1. The number of aromatic nitrogens is 1. The van der Waals surface area contributed by atoms with Gasteiger partial charge in [0, 0.05) is 42.8 Å². The number of hydrogen-bond acceptors (Lipinski definition) is 6. The summed E-state index contributed by atoms with van der Waals surface area (Å²) in [6.07, 6.45) is 3.46. The Morgan fingerprint density at radius 3 is 2.43 bits per heavy atom. The highest BCUT2D eigenvalue weighted by atomic mass is 16.5. The van der Waals surface area contributed by atoms with Crippen LogP contribution >= 0.6 is 0 Å². The van der Waals surface area contributed by atoms with Crippen molar-refractivity contribution in [3.8, 4) is 11.8 Å². The van der Waals surface area contributed by atoms with Crippen LogP contribution in [0.4, 0.5) is 5.82 Å². The Labute approximate surface area is 208 Å². The number of rotatable bonds is 6. The number of piperidine rings is 1. The number of ether oxygens (including phenoxy) is 1. The first-order chi connectivity index (χ1) is 16.6. The van der Waals surface area contributed by atoms with Crippen LogP contribution in [0, 0.1) is 35.0 Å². The van der Waals surface area contributed by atoms with Crippen LogP contribution in [0.2, 0.25) is 0 Å². The Kier molecular flexibility index (Phi) is 6.79. The lowest BCUT2D eigenvalue weighted by atomic mass is 9.49. The fourth-order valence-corrected chi connectivity index (χ4v) is 6.04. The van der Waals surface area contributed by atoms with Crippen LogP contribution in [0.5, 0.6) is 5.75 Å². The van der Waals surface area contributed by atoms with Gasteiger partial charge in [0.25, 0.3) is 5.91 Å². The second-order valence-electron chi connectivity index (χ2n) is 11.2. The van der Waals surface area contributed by atoms with Gasteiger partial charge in [0.15, 0.2) is 0 Å². The van der Waals surface area contributed by atoms with E-state index in [9.17, 15) is 15.2 Å². The maximum atomic E-state index is 13.1. The van der Waals surface area contributed by atoms with Gasteiger partial charge in [-0.1, -0.05) is 27.7 Å². The maximum Gasteiger partial charge on any atom is 0.253 e. The summed E-state index contributed by atoms with van der Waals surface area (Å²) in [6.45, 7) is 12.3. The van der Waals surface area contributed by atoms with E-state index in [1.807, 2.05) is 31.2 Å². The maximum absolute atomic E-state index is 13.1. The lowest BCUT2D eigenvalue weighted by molar-refractivity contribution is -0.164. The summed E-state index contributed by atoms with van der Waals surface area (Å²) >= 11 is 0. The Bertz CT molecular complexity index is 1100. The minimum absolute atomic E-state index is 0.0795.